The second-order valence-electron chi connectivity index (χ2n) is 5.43. The number of hydrogen-bond donors (Lipinski definition) is 1. The first-order valence-corrected chi connectivity index (χ1v) is 9.27. The van der Waals surface area contributed by atoms with Gasteiger partial charge in [-0.05, 0) is 53.5 Å². The normalized spacial score (nSPS) is 11.3. The maximum absolute atomic E-state index is 12.1. The summed E-state index contributed by atoms with van der Waals surface area (Å²) in [4.78, 5) is 18.4. The summed E-state index contributed by atoms with van der Waals surface area (Å²) in [6, 6.07) is 3.62. The van der Waals surface area contributed by atoms with Crippen LogP contribution < -0.4 is 14.8 Å². The van der Waals surface area contributed by atoms with Crippen molar-refractivity contribution >= 4 is 50.2 Å². The summed E-state index contributed by atoms with van der Waals surface area (Å²) in [5, 5.41) is 6.97. The number of rotatable bonds is 5. The molecule has 136 valence electrons. The lowest BCUT2D eigenvalue weighted by Crippen LogP contribution is -2.09. The van der Waals surface area contributed by atoms with Crippen LogP contribution in [0.25, 0.3) is 11.0 Å². The number of carbonyl (C=O) groups is 1. The molecule has 0 saturated heterocycles. The largest absolute Gasteiger partial charge is 0.493 e. The first kappa shape index (κ1) is 18.4. The van der Waals surface area contributed by atoms with Crippen molar-refractivity contribution in [3.05, 3.63) is 38.8 Å². The van der Waals surface area contributed by atoms with Gasteiger partial charge in [-0.1, -0.05) is 11.3 Å². The van der Waals surface area contributed by atoms with Crippen molar-refractivity contribution in [1.82, 2.24) is 14.6 Å². The van der Waals surface area contributed by atoms with Crippen molar-refractivity contribution in [2.24, 2.45) is 0 Å². The van der Waals surface area contributed by atoms with Crippen LogP contribution in [0.5, 0.6) is 11.5 Å². The molecule has 1 aromatic carbocycles. The number of thiazole rings is 1. The maximum Gasteiger partial charge on any atom is 0.250 e. The number of fused-ring (bicyclic) bond motifs is 1. The van der Waals surface area contributed by atoms with Crippen LogP contribution in [0.4, 0.5) is 5.95 Å². The van der Waals surface area contributed by atoms with Gasteiger partial charge in [-0.25, -0.2) is 4.52 Å². The highest BCUT2D eigenvalue weighted by Gasteiger charge is 2.12. The van der Waals surface area contributed by atoms with Crippen molar-refractivity contribution in [3.8, 4) is 11.5 Å². The molecule has 0 unspecified atom stereocenters. The van der Waals surface area contributed by atoms with E-state index in [9.17, 15) is 4.79 Å². The summed E-state index contributed by atoms with van der Waals surface area (Å²) in [5.74, 6) is 1.14. The molecular weight excluding hydrogens is 420 g/mol. The number of anilines is 1. The summed E-state index contributed by atoms with van der Waals surface area (Å²) in [5.41, 5.74) is 1.80. The minimum atomic E-state index is -0.316. The predicted molar refractivity (Wildman–Crippen MR) is 105 cm³/mol. The van der Waals surface area contributed by atoms with E-state index in [1.807, 2.05) is 19.9 Å². The Balaban J connectivity index is 1.75. The van der Waals surface area contributed by atoms with Gasteiger partial charge in [0.2, 0.25) is 4.96 Å². The minimum absolute atomic E-state index is 0.280. The van der Waals surface area contributed by atoms with Gasteiger partial charge in [0.1, 0.15) is 0 Å². The summed E-state index contributed by atoms with van der Waals surface area (Å²) in [6.45, 7) is 3.98. The lowest BCUT2D eigenvalue weighted by Gasteiger charge is -2.10. The summed E-state index contributed by atoms with van der Waals surface area (Å²) >= 11 is 4.96. The van der Waals surface area contributed by atoms with Crippen LogP contribution in [0.3, 0.4) is 0 Å². The van der Waals surface area contributed by atoms with Gasteiger partial charge in [0.05, 0.1) is 24.4 Å². The molecule has 0 saturated carbocycles. The lowest BCUT2D eigenvalue weighted by molar-refractivity contribution is -0.111. The van der Waals surface area contributed by atoms with Gasteiger partial charge >= 0.3 is 0 Å². The third kappa shape index (κ3) is 3.58. The SMILES string of the molecule is COc1cc(/C=C/C(=O)Nc2nc3sc(C)c(C)n3n2)cc(Br)c1OC. The molecule has 2 aromatic heterocycles. The van der Waals surface area contributed by atoms with Gasteiger partial charge in [0.15, 0.2) is 11.5 Å². The van der Waals surface area contributed by atoms with E-state index in [1.54, 1.807) is 30.9 Å². The first-order valence-electron chi connectivity index (χ1n) is 7.66. The van der Waals surface area contributed by atoms with E-state index in [2.05, 4.69) is 31.3 Å². The van der Waals surface area contributed by atoms with E-state index in [-0.39, 0.29) is 11.9 Å². The second-order valence-corrected chi connectivity index (χ2v) is 7.47. The Hall–Kier alpha value is -2.39. The van der Waals surface area contributed by atoms with Crippen LogP contribution >= 0.6 is 27.3 Å². The van der Waals surface area contributed by atoms with Crippen LogP contribution in [-0.4, -0.2) is 34.7 Å². The molecule has 0 aliphatic carbocycles. The molecule has 1 amide bonds. The summed E-state index contributed by atoms with van der Waals surface area (Å²) in [7, 11) is 3.13. The molecule has 7 nitrogen and oxygen atoms in total. The third-order valence-corrected chi connectivity index (χ3v) is 5.40. The van der Waals surface area contributed by atoms with Crippen LogP contribution in [0, 0.1) is 13.8 Å². The Morgan fingerprint density at radius 1 is 1.31 bits per heavy atom. The van der Waals surface area contributed by atoms with Crippen molar-refractivity contribution in [2.45, 2.75) is 13.8 Å². The van der Waals surface area contributed by atoms with E-state index in [0.29, 0.717) is 11.5 Å². The number of aromatic nitrogens is 3. The number of amides is 1. The van der Waals surface area contributed by atoms with Gasteiger partial charge in [0.25, 0.3) is 11.9 Å². The average Bonchev–Trinajstić information content (AvgIpc) is 3.11. The zero-order valence-electron chi connectivity index (χ0n) is 14.7. The fourth-order valence-electron chi connectivity index (χ4n) is 2.35. The zero-order valence-corrected chi connectivity index (χ0v) is 17.1. The molecule has 26 heavy (non-hydrogen) atoms. The Bertz CT molecular complexity index is 1010. The maximum atomic E-state index is 12.1. The van der Waals surface area contributed by atoms with E-state index in [4.69, 9.17) is 9.47 Å². The molecule has 0 aliphatic heterocycles. The Labute approximate surface area is 162 Å². The fourth-order valence-corrected chi connectivity index (χ4v) is 3.88. The number of hydrogen-bond acceptors (Lipinski definition) is 6. The smallest absolute Gasteiger partial charge is 0.250 e. The van der Waals surface area contributed by atoms with Crippen molar-refractivity contribution in [3.63, 3.8) is 0 Å². The molecular formula is C17H17BrN4O3S. The predicted octanol–water partition coefficient (Wildman–Crippen LogP) is 3.84. The van der Waals surface area contributed by atoms with Crippen LogP contribution in [0.15, 0.2) is 22.7 Å². The minimum Gasteiger partial charge on any atom is -0.493 e. The third-order valence-electron chi connectivity index (χ3n) is 3.77. The number of methoxy groups -OCH3 is 2. The molecule has 0 spiro atoms. The Morgan fingerprint density at radius 2 is 2.08 bits per heavy atom. The fraction of sp³-hybridized carbons (Fsp3) is 0.235. The van der Waals surface area contributed by atoms with Crippen molar-refractivity contribution in [1.29, 1.82) is 0 Å². The van der Waals surface area contributed by atoms with Gasteiger partial charge < -0.3 is 9.47 Å². The number of aryl methyl sites for hydroxylation is 2. The number of carbonyl (C=O) groups excluding carboxylic acids is 1. The van der Waals surface area contributed by atoms with Crippen molar-refractivity contribution in [2.75, 3.05) is 19.5 Å². The highest BCUT2D eigenvalue weighted by atomic mass is 79.9. The molecule has 2 heterocycles. The highest BCUT2D eigenvalue weighted by molar-refractivity contribution is 9.10. The van der Waals surface area contributed by atoms with Gasteiger partial charge in [-0.15, -0.1) is 5.10 Å². The number of halogens is 1. The Morgan fingerprint density at radius 3 is 2.73 bits per heavy atom. The topological polar surface area (TPSA) is 77.8 Å². The molecule has 3 rings (SSSR count). The van der Waals surface area contributed by atoms with E-state index >= 15 is 0 Å². The molecule has 0 fully saturated rings. The molecule has 0 aliphatic rings. The summed E-state index contributed by atoms with van der Waals surface area (Å²) < 4.78 is 13.0. The average molecular weight is 437 g/mol. The molecule has 0 bridgehead atoms. The van der Waals surface area contributed by atoms with Gasteiger partial charge in [-0.2, -0.15) is 4.98 Å². The number of benzene rings is 1. The second kappa shape index (κ2) is 7.46. The number of nitrogens with one attached hydrogen (secondary N) is 1. The molecule has 3 aromatic rings. The van der Waals surface area contributed by atoms with E-state index in [0.717, 1.165) is 25.6 Å². The van der Waals surface area contributed by atoms with Crippen LogP contribution in [-0.2, 0) is 4.79 Å². The molecule has 0 atom stereocenters. The molecule has 0 radical (unpaired) electrons. The quantitative estimate of drug-likeness (QED) is 0.614. The van der Waals surface area contributed by atoms with Crippen molar-refractivity contribution < 1.29 is 14.3 Å². The highest BCUT2D eigenvalue weighted by Crippen LogP contribution is 2.36. The van der Waals surface area contributed by atoms with Crippen LogP contribution in [0.2, 0.25) is 0 Å². The van der Waals surface area contributed by atoms with Gasteiger partial charge in [0, 0.05) is 11.0 Å². The first-order chi connectivity index (χ1) is 12.4. The van der Waals surface area contributed by atoms with E-state index in [1.165, 1.54) is 17.4 Å². The number of nitrogens with zero attached hydrogens (tertiary/aromatic N) is 3. The van der Waals surface area contributed by atoms with Gasteiger partial charge in [-0.3, -0.25) is 10.1 Å². The van der Waals surface area contributed by atoms with Crippen LogP contribution in [0.1, 0.15) is 16.1 Å². The number of ether oxygens (including phenoxy) is 2. The Kier molecular flexibility index (Phi) is 5.28. The van der Waals surface area contributed by atoms with E-state index < -0.39 is 0 Å². The zero-order chi connectivity index (χ0) is 18.8. The summed E-state index contributed by atoms with van der Waals surface area (Å²) in [6.07, 6.45) is 3.09. The molecule has 1 N–H and O–H groups in total. The lowest BCUT2D eigenvalue weighted by atomic mass is 10.2. The monoisotopic (exact) mass is 436 g/mol. The standard InChI is InChI=1S/C17H17BrN4O3S/c1-9-10(2)26-17-20-16(21-22(9)17)19-14(23)6-5-11-7-12(18)15(25-4)13(8-11)24-3/h5-8H,1-4H3,(H,19,21,23)/b6-5+. The molecule has 9 heteroatoms.